The number of sulfone groups is 1. The van der Waals surface area contributed by atoms with E-state index in [4.69, 9.17) is 10.5 Å². The van der Waals surface area contributed by atoms with Crippen LogP contribution >= 0.6 is 0 Å². The second-order valence-corrected chi connectivity index (χ2v) is 7.92. The van der Waals surface area contributed by atoms with E-state index in [1.807, 2.05) is 6.92 Å². The molecule has 0 aromatic heterocycles. The predicted molar refractivity (Wildman–Crippen MR) is 84.1 cm³/mol. The summed E-state index contributed by atoms with van der Waals surface area (Å²) in [5.74, 6) is 0.0135. The van der Waals surface area contributed by atoms with Crippen molar-refractivity contribution in [3.05, 3.63) is 23.8 Å². The molecule has 6 heteroatoms. The van der Waals surface area contributed by atoms with Gasteiger partial charge in [-0.2, -0.15) is 0 Å². The Bertz CT molecular complexity index is 599. The van der Waals surface area contributed by atoms with Gasteiger partial charge < -0.3 is 10.5 Å². The van der Waals surface area contributed by atoms with Crippen LogP contribution in [0, 0.1) is 6.92 Å². The number of rotatable bonds is 4. The molecule has 1 saturated heterocycles. The fraction of sp³-hybridized carbons (Fsp3) is 0.600. The van der Waals surface area contributed by atoms with Crippen LogP contribution in [0.15, 0.2) is 23.1 Å². The van der Waals surface area contributed by atoms with Crippen molar-refractivity contribution in [1.82, 2.24) is 4.90 Å². The maximum absolute atomic E-state index is 12.5. The molecule has 0 aliphatic carbocycles. The quantitative estimate of drug-likeness (QED) is 0.852. The Balaban J connectivity index is 2.11. The first kappa shape index (κ1) is 16.3. The van der Waals surface area contributed by atoms with Gasteiger partial charge in [-0.25, -0.2) is 8.42 Å². The number of ether oxygens (including phenoxy) is 1. The van der Waals surface area contributed by atoms with Crippen molar-refractivity contribution in [3.63, 3.8) is 0 Å². The van der Waals surface area contributed by atoms with Crippen LogP contribution in [0.5, 0.6) is 0 Å². The van der Waals surface area contributed by atoms with Crippen LogP contribution in [0.1, 0.15) is 19.4 Å². The highest BCUT2D eigenvalue weighted by Crippen LogP contribution is 2.20. The van der Waals surface area contributed by atoms with Crippen LogP contribution in [-0.2, 0) is 14.6 Å². The number of morpholine rings is 1. The molecular weight excluding hydrogens is 288 g/mol. The highest BCUT2D eigenvalue weighted by Gasteiger charge is 2.28. The van der Waals surface area contributed by atoms with E-state index in [1.165, 1.54) is 0 Å². The monoisotopic (exact) mass is 312 g/mol. The van der Waals surface area contributed by atoms with Gasteiger partial charge in [-0.1, -0.05) is 0 Å². The number of benzene rings is 1. The molecule has 1 aromatic carbocycles. The molecule has 2 N–H and O–H groups in total. The Morgan fingerprint density at radius 2 is 2.14 bits per heavy atom. The van der Waals surface area contributed by atoms with Gasteiger partial charge in [-0.3, -0.25) is 4.90 Å². The molecule has 1 aromatic rings. The van der Waals surface area contributed by atoms with Crippen LogP contribution in [0.3, 0.4) is 0 Å². The Labute approximate surface area is 127 Å². The lowest BCUT2D eigenvalue weighted by molar-refractivity contribution is -0.0272. The maximum Gasteiger partial charge on any atom is 0.180 e. The van der Waals surface area contributed by atoms with Crippen molar-refractivity contribution in [3.8, 4) is 0 Å². The minimum atomic E-state index is -3.36. The Morgan fingerprint density at radius 1 is 1.43 bits per heavy atom. The Morgan fingerprint density at radius 3 is 2.76 bits per heavy atom. The smallest absolute Gasteiger partial charge is 0.180 e. The van der Waals surface area contributed by atoms with Crippen molar-refractivity contribution < 1.29 is 13.2 Å². The summed E-state index contributed by atoms with van der Waals surface area (Å²) in [7, 11) is -3.36. The molecule has 21 heavy (non-hydrogen) atoms. The van der Waals surface area contributed by atoms with Gasteiger partial charge in [-0.15, -0.1) is 0 Å². The van der Waals surface area contributed by atoms with Crippen LogP contribution in [0.2, 0.25) is 0 Å². The van der Waals surface area contributed by atoms with E-state index in [1.54, 1.807) is 18.2 Å². The minimum Gasteiger partial charge on any atom is -0.399 e. The largest absolute Gasteiger partial charge is 0.399 e. The van der Waals surface area contributed by atoms with Crippen molar-refractivity contribution in [2.24, 2.45) is 0 Å². The van der Waals surface area contributed by atoms with E-state index in [9.17, 15) is 8.42 Å². The van der Waals surface area contributed by atoms with Crippen molar-refractivity contribution in [2.75, 3.05) is 31.2 Å². The molecule has 0 spiro atoms. The van der Waals surface area contributed by atoms with Crippen LogP contribution in [0.4, 0.5) is 5.69 Å². The molecule has 1 fully saturated rings. The Kier molecular flexibility index (Phi) is 4.91. The SMILES string of the molecule is Cc1cc(S(=O)(=O)CC2CN(C(C)C)CCO2)ccc1N. The molecular formula is C15H24N2O3S. The fourth-order valence-corrected chi connectivity index (χ4v) is 4.01. The first-order chi connectivity index (χ1) is 9.79. The molecule has 0 bridgehead atoms. The summed E-state index contributed by atoms with van der Waals surface area (Å²) in [4.78, 5) is 2.57. The molecule has 1 aliphatic heterocycles. The van der Waals surface area contributed by atoms with Crippen molar-refractivity contribution in [1.29, 1.82) is 0 Å². The van der Waals surface area contributed by atoms with E-state index in [0.717, 1.165) is 12.1 Å². The van der Waals surface area contributed by atoms with E-state index < -0.39 is 9.84 Å². The van der Waals surface area contributed by atoms with E-state index >= 15 is 0 Å². The van der Waals surface area contributed by atoms with Gasteiger partial charge in [0, 0.05) is 24.8 Å². The molecule has 2 rings (SSSR count). The van der Waals surface area contributed by atoms with Gasteiger partial charge >= 0.3 is 0 Å². The van der Waals surface area contributed by atoms with Gasteiger partial charge in [0.15, 0.2) is 9.84 Å². The van der Waals surface area contributed by atoms with Crippen LogP contribution < -0.4 is 5.73 Å². The summed E-state index contributed by atoms with van der Waals surface area (Å²) >= 11 is 0. The summed E-state index contributed by atoms with van der Waals surface area (Å²) in [5, 5.41) is 0. The average molecular weight is 312 g/mol. The third-order valence-electron chi connectivity index (χ3n) is 3.91. The molecule has 0 saturated carbocycles. The van der Waals surface area contributed by atoms with Gasteiger partial charge in [0.25, 0.3) is 0 Å². The average Bonchev–Trinajstić information content (AvgIpc) is 2.41. The maximum atomic E-state index is 12.5. The molecule has 1 heterocycles. The molecule has 1 aliphatic rings. The van der Waals surface area contributed by atoms with E-state index in [-0.39, 0.29) is 11.9 Å². The second-order valence-electron chi connectivity index (χ2n) is 5.88. The zero-order valence-corrected chi connectivity index (χ0v) is 13.7. The summed E-state index contributed by atoms with van der Waals surface area (Å²) < 4.78 is 30.6. The van der Waals surface area contributed by atoms with Gasteiger partial charge in [0.05, 0.1) is 23.4 Å². The van der Waals surface area contributed by atoms with E-state index in [2.05, 4.69) is 18.7 Å². The number of anilines is 1. The summed E-state index contributed by atoms with van der Waals surface area (Å²) in [6, 6.07) is 5.25. The number of hydrogen-bond donors (Lipinski definition) is 1. The number of nitrogens with two attached hydrogens (primary N) is 1. The number of nitrogens with zero attached hydrogens (tertiary/aromatic N) is 1. The number of aryl methyl sites for hydroxylation is 1. The molecule has 5 nitrogen and oxygen atoms in total. The molecule has 118 valence electrons. The van der Waals surface area contributed by atoms with Gasteiger partial charge in [0.2, 0.25) is 0 Å². The predicted octanol–water partition coefficient (Wildman–Crippen LogP) is 1.46. The zero-order valence-electron chi connectivity index (χ0n) is 12.9. The standard InChI is InChI=1S/C15H24N2O3S/c1-11(2)17-6-7-20-13(9-17)10-21(18,19)14-4-5-15(16)12(3)8-14/h4-5,8,11,13H,6-7,9-10,16H2,1-3H3. The number of nitrogen functional groups attached to an aromatic ring is 1. The Hall–Kier alpha value is -1.11. The lowest BCUT2D eigenvalue weighted by atomic mass is 10.2. The normalized spacial score (nSPS) is 20.9. The number of hydrogen-bond acceptors (Lipinski definition) is 5. The highest BCUT2D eigenvalue weighted by molar-refractivity contribution is 7.91. The first-order valence-electron chi connectivity index (χ1n) is 7.24. The summed E-state index contributed by atoms with van der Waals surface area (Å²) in [6.45, 7) is 8.13. The van der Waals surface area contributed by atoms with Crippen molar-refractivity contribution >= 4 is 15.5 Å². The highest BCUT2D eigenvalue weighted by atomic mass is 32.2. The zero-order chi connectivity index (χ0) is 15.6. The molecule has 1 atom stereocenters. The lowest BCUT2D eigenvalue weighted by Crippen LogP contribution is -2.48. The topological polar surface area (TPSA) is 72.6 Å². The van der Waals surface area contributed by atoms with Crippen LogP contribution in [-0.4, -0.2) is 50.9 Å². The van der Waals surface area contributed by atoms with Crippen LogP contribution in [0.25, 0.3) is 0 Å². The van der Waals surface area contributed by atoms with Gasteiger partial charge in [0.1, 0.15) is 0 Å². The fourth-order valence-electron chi connectivity index (χ4n) is 2.49. The third kappa shape index (κ3) is 3.96. The van der Waals surface area contributed by atoms with Gasteiger partial charge in [-0.05, 0) is 44.5 Å². The molecule has 1 unspecified atom stereocenters. The summed E-state index contributed by atoms with van der Waals surface area (Å²) in [5.41, 5.74) is 7.13. The van der Waals surface area contributed by atoms with Crippen molar-refractivity contribution in [2.45, 2.75) is 37.8 Å². The third-order valence-corrected chi connectivity index (χ3v) is 5.69. The molecule has 0 amide bonds. The second kappa shape index (κ2) is 6.34. The minimum absolute atomic E-state index is 0.0135. The molecule has 0 radical (unpaired) electrons. The lowest BCUT2D eigenvalue weighted by Gasteiger charge is -2.35. The van der Waals surface area contributed by atoms with E-state index in [0.29, 0.717) is 29.8 Å². The summed E-state index contributed by atoms with van der Waals surface area (Å²) in [6.07, 6.45) is -0.274. The first-order valence-corrected chi connectivity index (χ1v) is 8.89.